The molecular weight excluding hydrogens is 504 g/mol. The third-order valence-electron chi connectivity index (χ3n) is 8.34. The van der Waals surface area contributed by atoms with Crippen molar-refractivity contribution in [1.82, 2.24) is 15.2 Å². The second kappa shape index (κ2) is 9.64. The first-order valence-corrected chi connectivity index (χ1v) is 13.8. The molecule has 202 valence electrons. The molecule has 3 aliphatic rings. The van der Waals surface area contributed by atoms with Crippen molar-refractivity contribution in [3.05, 3.63) is 101 Å². The summed E-state index contributed by atoms with van der Waals surface area (Å²) in [4.78, 5) is 47.1. The first kappa shape index (κ1) is 24.6. The number of aromatic nitrogens is 1. The predicted octanol–water partition coefficient (Wildman–Crippen LogP) is 4.87. The van der Waals surface area contributed by atoms with Gasteiger partial charge in [0.05, 0.1) is 11.8 Å². The molecule has 0 aliphatic carbocycles. The highest BCUT2D eigenvalue weighted by Gasteiger charge is 2.53. The van der Waals surface area contributed by atoms with Crippen LogP contribution in [0.2, 0.25) is 0 Å². The summed E-state index contributed by atoms with van der Waals surface area (Å²) >= 11 is 0. The molecule has 0 radical (unpaired) electrons. The number of ether oxygens (including phenoxy) is 1. The summed E-state index contributed by atoms with van der Waals surface area (Å²) in [6.07, 6.45) is 2.45. The zero-order valence-electron chi connectivity index (χ0n) is 22.2. The van der Waals surface area contributed by atoms with Crippen molar-refractivity contribution in [2.75, 3.05) is 18.1 Å². The van der Waals surface area contributed by atoms with E-state index in [1.165, 1.54) is 4.90 Å². The lowest BCUT2D eigenvalue weighted by Crippen LogP contribution is -2.44. The molecule has 7 rings (SSSR count). The van der Waals surface area contributed by atoms with Crippen LogP contribution < -0.4 is 10.2 Å². The molecule has 3 atom stereocenters. The van der Waals surface area contributed by atoms with Crippen LogP contribution in [0.1, 0.15) is 51.6 Å². The number of hydrogen-bond donors (Lipinski definition) is 2. The van der Waals surface area contributed by atoms with Crippen molar-refractivity contribution >= 4 is 34.4 Å². The van der Waals surface area contributed by atoms with E-state index in [9.17, 15) is 14.4 Å². The Morgan fingerprint density at radius 3 is 2.55 bits per heavy atom. The SMILES string of the molecule is Cc1ccc([C@H]2c3[nH]c4ccccc4c3C[C@H]3C(=O)N(c4ccc(C(=O)NC[C@@H]5CCCO5)cc4)C(=O)N23)cc1. The molecule has 3 aromatic carbocycles. The maximum atomic E-state index is 14.0. The minimum atomic E-state index is -0.625. The molecule has 0 unspecified atom stereocenters. The molecule has 2 N–H and O–H groups in total. The van der Waals surface area contributed by atoms with E-state index in [0.717, 1.165) is 52.7 Å². The third-order valence-corrected chi connectivity index (χ3v) is 8.34. The maximum absolute atomic E-state index is 14.0. The summed E-state index contributed by atoms with van der Waals surface area (Å²) in [5.41, 5.74) is 6.01. The van der Waals surface area contributed by atoms with Gasteiger partial charge in [0.15, 0.2) is 0 Å². The first-order valence-electron chi connectivity index (χ1n) is 13.8. The number of H-pyrrole nitrogens is 1. The molecule has 4 aromatic rings. The molecule has 0 saturated carbocycles. The number of urea groups is 1. The fraction of sp³-hybridized carbons (Fsp3) is 0.281. The molecule has 40 heavy (non-hydrogen) atoms. The molecule has 2 saturated heterocycles. The minimum Gasteiger partial charge on any atom is -0.376 e. The Balaban J connectivity index is 1.21. The number of carbonyl (C=O) groups excluding carboxylic acids is 3. The average molecular weight is 535 g/mol. The number of imide groups is 1. The zero-order chi connectivity index (χ0) is 27.4. The lowest BCUT2D eigenvalue weighted by Gasteiger charge is -2.36. The van der Waals surface area contributed by atoms with Gasteiger partial charge in [0.25, 0.3) is 11.8 Å². The van der Waals surface area contributed by atoms with E-state index in [1.54, 1.807) is 29.2 Å². The van der Waals surface area contributed by atoms with E-state index >= 15 is 0 Å². The Kier molecular flexibility index (Phi) is 5.93. The number of amides is 4. The van der Waals surface area contributed by atoms with Crippen LogP contribution in [0.4, 0.5) is 10.5 Å². The number of aryl methyl sites for hydroxylation is 1. The van der Waals surface area contributed by atoms with Gasteiger partial charge in [0.2, 0.25) is 0 Å². The second-order valence-corrected chi connectivity index (χ2v) is 10.9. The first-order chi connectivity index (χ1) is 19.5. The number of rotatable bonds is 5. The van der Waals surface area contributed by atoms with Crippen molar-refractivity contribution in [3.8, 4) is 0 Å². The monoisotopic (exact) mass is 534 g/mol. The summed E-state index contributed by atoms with van der Waals surface area (Å²) in [5, 5.41) is 3.99. The Hall–Kier alpha value is -4.43. The summed E-state index contributed by atoms with van der Waals surface area (Å²) in [6, 6.07) is 21.4. The Bertz CT molecular complexity index is 1620. The van der Waals surface area contributed by atoms with Gasteiger partial charge in [-0.2, -0.15) is 0 Å². The highest BCUT2D eigenvalue weighted by molar-refractivity contribution is 6.22. The average Bonchev–Trinajstić information content (AvgIpc) is 3.69. The molecule has 8 heteroatoms. The number of para-hydroxylation sites is 1. The molecule has 1 aromatic heterocycles. The van der Waals surface area contributed by atoms with Crippen LogP contribution in [-0.2, 0) is 16.0 Å². The number of nitrogens with zero attached hydrogens (tertiary/aromatic N) is 2. The van der Waals surface area contributed by atoms with Crippen LogP contribution in [0.3, 0.4) is 0 Å². The highest BCUT2D eigenvalue weighted by atomic mass is 16.5. The minimum absolute atomic E-state index is 0.0543. The van der Waals surface area contributed by atoms with Gasteiger partial charge in [-0.05, 0) is 61.2 Å². The lowest BCUT2D eigenvalue weighted by atomic mass is 9.88. The number of fused-ring (bicyclic) bond motifs is 4. The van der Waals surface area contributed by atoms with Crippen LogP contribution in [0.15, 0.2) is 72.8 Å². The summed E-state index contributed by atoms with van der Waals surface area (Å²) in [5.74, 6) is -0.461. The molecule has 4 heterocycles. The molecule has 0 spiro atoms. The van der Waals surface area contributed by atoms with Crippen LogP contribution in [-0.4, -0.2) is 53.0 Å². The van der Waals surface area contributed by atoms with Crippen molar-refractivity contribution in [2.45, 2.75) is 44.4 Å². The Morgan fingerprint density at radius 2 is 1.80 bits per heavy atom. The number of hydrogen-bond acceptors (Lipinski definition) is 4. The molecule has 0 bridgehead atoms. The summed E-state index contributed by atoms with van der Waals surface area (Å²) in [7, 11) is 0. The third kappa shape index (κ3) is 3.98. The molecule has 4 amide bonds. The van der Waals surface area contributed by atoms with Gasteiger partial charge in [-0.25, -0.2) is 9.69 Å². The number of anilines is 1. The predicted molar refractivity (Wildman–Crippen MR) is 151 cm³/mol. The van der Waals surface area contributed by atoms with Gasteiger partial charge in [0.1, 0.15) is 12.1 Å². The summed E-state index contributed by atoms with van der Waals surface area (Å²) < 4.78 is 5.58. The van der Waals surface area contributed by atoms with Crippen LogP contribution >= 0.6 is 0 Å². The lowest BCUT2D eigenvalue weighted by molar-refractivity contribution is -0.120. The normalized spacial score (nSPS) is 22.1. The van der Waals surface area contributed by atoms with Gasteiger partial charge >= 0.3 is 6.03 Å². The smallest absolute Gasteiger partial charge is 0.332 e. The van der Waals surface area contributed by atoms with Crippen LogP contribution in [0, 0.1) is 6.92 Å². The maximum Gasteiger partial charge on any atom is 0.332 e. The summed E-state index contributed by atoms with van der Waals surface area (Å²) in [6.45, 7) is 3.23. The number of nitrogens with one attached hydrogen (secondary N) is 2. The fourth-order valence-corrected chi connectivity index (χ4v) is 6.28. The van der Waals surface area contributed by atoms with Gasteiger partial charge in [0, 0.05) is 41.7 Å². The number of aromatic amines is 1. The van der Waals surface area contributed by atoms with Crippen molar-refractivity contribution in [2.24, 2.45) is 0 Å². The topological polar surface area (TPSA) is 94.7 Å². The van der Waals surface area contributed by atoms with Gasteiger partial charge in [-0.3, -0.25) is 14.5 Å². The van der Waals surface area contributed by atoms with E-state index in [-0.39, 0.29) is 23.9 Å². The van der Waals surface area contributed by atoms with Crippen LogP contribution in [0.25, 0.3) is 10.9 Å². The standard InChI is InChI=1S/C32H30N4O4/c1-19-8-10-20(11-9-19)29-28-25(24-6-2-3-7-26(24)34-28)17-27-31(38)35(32(39)36(27)29)22-14-12-21(13-15-22)30(37)33-18-23-5-4-16-40-23/h2-3,6-15,23,27,29,34H,4-5,16-18H2,1H3,(H,33,37)/t23-,27-,29-/m0/s1. The highest BCUT2D eigenvalue weighted by Crippen LogP contribution is 2.44. The van der Waals surface area contributed by atoms with Crippen LogP contribution in [0.5, 0.6) is 0 Å². The van der Waals surface area contributed by atoms with Gasteiger partial charge in [-0.1, -0.05) is 48.0 Å². The molecule has 2 fully saturated rings. The Labute approximate surface area is 231 Å². The van der Waals surface area contributed by atoms with Crippen molar-refractivity contribution in [3.63, 3.8) is 0 Å². The van der Waals surface area contributed by atoms with Gasteiger partial charge in [-0.15, -0.1) is 0 Å². The van der Waals surface area contributed by atoms with E-state index in [1.807, 2.05) is 49.4 Å². The van der Waals surface area contributed by atoms with Crippen molar-refractivity contribution < 1.29 is 19.1 Å². The molecule has 8 nitrogen and oxygen atoms in total. The quantitative estimate of drug-likeness (QED) is 0.357. The Morgan fingerprint density at radius 1 is 1.02 bits per heavy atom. The zero-order valence-corrected chi connectivity index (χ0v) is 22.2. The van der Waals surface area contributed by atoms with E-state index in [4.69, 9.17) is 4.74 Å². The fourth-order valence-electron chi connectivity index (χ4n) is 6.28. The second-order valence-electron chi connectivity index (χ2n) is 10.9. The van der Waals surface area contributed by atoms with E-state index in [0.29, 0.717) is 24.2 Å². The largest absolute Gasteiger partial charge is 0.376 e. The molecular formula is C32H30N4O4. The van der Waals surface area contributed by atoms with E-state index < -0.39 is 12.1 Å². The number of benzene rings is 3. The number of carbonyl (C=O) groups is 3. The van der Waals surface area contributed by atoms with Crippen molar-refractivity contribution in [1.29, 1.82) is 0 Å². The van der Waals surface area contributed by atoms with E-state index in [2.05, 4.69) is 16.4 Å². The molecule has 3 aliphatic heterocycles. The van der Waals surface area contributed by atoms with Gasteiger partial charge < -0.3 is 15.0 Å².